The lowest BCUT2D eigenvalue weighted by Gasteiger charge is -2.33. The van der Waals surface area contributed by atoms with E-state index in [1.54, 1.807) is 24.3 Å². The molecule has 0 aliphatic carbocycles. The highest BCUT2D eigenvalue weighted by molar-refractivity contribution is 6.30. The Hall–Kier alpha value is -1.30. The lowest BCUT2D eigenvalue weighted by molar-refractivity contribution is -0.144. The number of piperazine rings is 1. The Labute approximate surface area is 148 Å². The van der Waals surface area contributed by atoms with Crippen LogP contribution in [0.4, 0.5) is 0 Å². The van der Waals surface area contributed by atoms with Crippen molar-refractivity contribution in [2.45, 2.75) is 31.9 Å². The van der Waals surface area contributed by atoms with Gasteiger partial charge in [-0.25, -0.2) is 0 Å². The number of nitrogens with one attached hydrogen (secondary N) is 1. The first kappa shape index (κ1) is 17.5. The number of amides is 1. The van der Waals surface area contributed by atoms with Gasteiger partial charge in [0.15, 0.2) is 5.60 Å². The number of ether oxygens (including phenoxy) is 1. The molecule has 132 valence electrons. The van der Waals surface area contributed by atoms with E-state index in [2.05, 4.69) is 10.2 Å². The Morgan fingerprint density at radius 3 is 2.54 bits per heavy atom. The smallest absolute Gasteiger partial charge is 0.266 e. The number of likely N-dealkylation sites (tertiary alicyclic amines) is 1. The lowest BCUT2D eigenvalue weighted by Crippen LogP contribution is -2.51. The summed E-state index contributed by atoms with van der Waals surface area (Å²) in [6.07, 6.45) is 1.04. The number of nitrogens with zero attached hydrogens (tertiary/aromatic N) is 2. The van der Waals surface area contributed by atoms with Crippen molar-refractivity contribution in [3.8, 4) is 5.75 Å². The molecule has 0 spiro atoms. The first-order valence-corrected chi connectivity index (χ1v) is 9.02. The summed E-state index contributed by atoms with van der Waals surface area (Å²) in [6, 6.07) is 7.61. The number of benzene rings is 1. The molecule has 0 bridgehead atoms. The van der Waals surface area contributed by atoms with Gasteiger partial charge in [-0.05, 0) is 44.5 Å². The Morgan fingerprint density at radius 1 is 1.21 bits per heavy atom. The van der Waals surface area contributed by atoms with Gasteiger partial charge in [0.25, 0.3) is 5.91 Å². The first-order chi connectivity index (χ1) is 11.5. The minimum atomic E-state index is -0.883. The number of hydrogen-bond acceptors (Lipinski definition) is 4. The molecule has 2 fully saturated rings. The molecule has 2 aliphatic rings. The topological polar surface area (TPSA) is 44.8 Å². The zero-order valence-corrected chi connectivity index (χ0v) is 15.2. The van der Waals surface area contributed by atoms with E-state index >= 15 is 0 Å². The largest absolute Gasteiger partial charge is 0.478 e. The molecule has 2 saturated heterocycles. The van der Waals surface area contributed by atoms with E-state index in [4.69, 9.17) is 16.3 Å². The van der Waals surface area contributed by atoms with Crippen molar-refractivity contribution >= 4 is 17.5 Å². The van der Waals surface area contributed by atoms with E-state index in [-0.39, 0.29) is 5.91 Å². The highest BCUT2D eigenvalue weighted by atomic mass is 35.5. The second-order valence-corrected chi connectivity index (χ2v) is 7.48. The molecule has 6 heteroatoms. The number of halogens is 1. The van der Waals surface area contributed by atoms with Gasteiger partial charge < -0.3 is 15.0 Å². The van der Waals surface area contributed by atoms with Crippen molar-refractivity contribution in [3.05, 3.63) is 29.3 Å². The monoisotopic (exact) mass is 351 g/mol. The van der Waals surface area contributed by atoms with Crippen LogP contribution in [0.1, 0.15) is 20.3 Å². The molecule has 1 unspecified atom stereocenters. The van der Waals surface area contributed by atoms with Crippen molar-refractivity contribution in [2.24, 2.45) is 0 Å². The zero-order chi connectivity index (χ0) is 17.2. The van der Waals surface area contributed by atoms with Crippen LogP contribution in [0, 0.1) is 0 Å². The van der Waals surface area contributed by atoms with Crippen LogP contribution in [0.25, 0.3) is 0 Å². The van der Waals surface area contributed by atoms with Gasteiger partial charge in [0, 0.05) is 50.3 Å². The normalized spacial score (nSPS) is 22.6. The lowest BCUT2D eigenvalue weighted by atomic mass is 10.1. The molecule has 1 atom stereocenters. The predicted octanol–water partition coefficient (Wildman–Crippen LogP) is 2.00. The van der Waals surface area contributed by atoms with Crippen LogP contribution in [0.5, 0.6) is 5.75 Å². The molecule has 2 aliphatic heterocycles. The second kappa shape index (κ2) is 7.30. The standard InChI is InChI=1S/C18H26ClN3O2/c1-18(2,24-16-5-3-14(19)4-6-16)17(23)22-10-7-15(13-22)21-11-8-20-9-12-21/h3-6,15,20H,7-13H2,1-2H3. The molecule has 0 radical (unpaired) electrons. The summed E-state index contributed by atoms with van der Waals surface area (Å²) in [4.78, 5) is 17.4. The summed E-state index contributed by atoms with van der Waals surface area (Å²) in [5.41, 5.74) is -0.883. The molecule has 1 aromatic rings. The van der Waals surface area contributed by atoms with E-state index in [0.29, 0.717) is 16.8 Å². The van der Waals surface area contributed by atoms with Crippen molar-refractivity contribution in [1.82, 2.24) is 15.1 Å². The molecule has 24 heavy (non-hydrogen) atoms. The maximum Gasteiger partial charge on any atom is 0.266 e. The average molecular weight is 352 g/mol. The summed E-state index contributed by atoms with van der Waals surface area (Å²) in [5.74, 6) is 0.714. The van der Waals surface area contributed by atoms with Crippen LogP contribution in [0.15, 0.2) is 24.3 Å². The van der Waals surface area contributed by atoms with E-state index < -0.39 is 5.60 Å². The van der Waals surface area contributed by atoms with Crippen LogP contribution < -0.4 is 10.1 Å². The molecule has 0 aromatic heterocycles. The highest BCUT2D eigenvalue weighted by Crippen LogP contribution is 2.25. The molecule has 1 amide bonds. The molecular formula is C18H26ClN3O2. The third-order valence-corrected chi connectivity index (χ3v) is 5.07. The third kappa shape index (κ3) is 4.02. The molecule has 1 N–H and O–H groups in total. The summed E-state index contributed by atoms with van der Waals surface area (Å²) in [5, 5.41) is 4.03. The minimum absolute atomic E-state index is 0.0510. The van der Waals surface area contributed by atoms with Gasteiger partial charge in [0.05, 0.1) is 0 Å². The molecule has 2 heterocycles. The number of carbonyl (C=O) groups excluding carboxylic acids is 1. The molecule has 5 nitrogen and oxygen atoms in total. The summed E-state index contributed by atoms with van der Waals surface area (Å²) in [6.45, 7) is 9.48. The maximum absolute atomic E-state index is 12.9. The summed E-state index contributed by atoms with van der Waals surface area (Å²) in [7, 11) is 0. The maximum atomic E-state index is 12.9. The number of rotatable bonds is 4. The first-order valence-electron chi connectivity index (χ1n) is 8.64. The fourth-order valence-corrected chi connectivity index (χ4v) is 3.62. The quantitative estimate of drug-likeness (QED) is 0.901. The van der Waals surface area contributed by atoms with Gasteiger partial charge in [0.1, 0.15) is 5.75 Å². The third-order valence-electron chi connectivity index (χ3n) is 4.82. The Balaban J connectivity index is 1.59. The number of carbonyl (C=O) groups is 1. The SMILES string of the molecule is CC(C)(Oc1ccc(Cl)cc1)C(=O)N1CCC(N2CCNCC2)C1. The van der Waals surface area contributed by atoms with Crippen LogP contribution >= 0.6 is 11.6 Å². The van der Waals surface area contributed by atoms with Crippen molar-refractivity contribution < 1.29 is 9.53 Å². The Kier molecular flexibility index (Phi) is 5.33. The summed E-state index contributed by atoms with van der Waals surface area (Å²) >= 11 is 5.90. The Morgan fingerprint density at radius 2 is 1.88 bits per heavy atom. The van der Waals surface area contributed by atoms with Crippen LogP contribution in [-0.2, 0) is 4.79 Å². The zero-order valence-electron chi connectivity index (χ0n) is 14.4. The summed E-state index contributed by atoms with van der Waals surface area (Å²) < 4.78 is 5.94. The van der Waals surface area contributed by atoms with Crippen molar-refractivity contribution in [3.63, 3.8) is 0 Å². The molecule has 1 aromatic carbocycles. The van der Waals surface area contributed by atoms with Crippen molar-refractivity contribution in [1.29, 1.82) is 0 Å². The van der Waals surface area contributed by atoms with Gasteiger partial charge in [-0.3, -0.25) is 9.69 Å². The van der Waals surface area contributed by atoms with Gasteiger partial charge in [-0.1, -0.05) is 11.6 Å². The van der Waals surface area contributed by atoms with Crippen LogP contribution in [0.3, 0.4) is 0 Å². The van der Waals surface area contributed by atoms with Crippen molar-refractivity contribution in [2.75, 3.05) is 39.3 Å². The Bertz CT molecular complexity index is 570. The van der Waals surface area contributed by atoms with E-state index in [0.717, 1.165) is 45.7 Å². The van der Waals surface area contributed by atoms with Crippen LogP contribution in [-0.4, -0.2) is 66.6 Å². The van der Waals surface area contributed by atoms with E-state index in [1.807, 2.05) is 18.7 Å². The average Bonchev–Trinajstić information content (AvgIpc) is 3.07. The highest BCUT2D eigenvalue weighted by Gasteiger charge is 2.39. The minimum Gasteiger partial charge on any atom is -0.478 e. The van der Waals surface area contributed by atoms with Gasteiger partial charge in [-0.2, -0.15) is 0 Å². The van der Waals surface area contributed by atoms with E-state index in [1.165, 1.54) is 0 Å². The van der Waals surface area contributed by atoms with Gasteiger partial charge >= 0.3 is 0 Å². The van der Waals surface area contributed by atoms with Gasteiger partial charge in [0.2, 0.25) is 0 Å². The molecule has 3 rings (SSSR count). The fourth-order valence-electron chi connectivity index (χ4n) is 3.49. The number of hydrogen-bond donors (Lipinski definition) is 1. The predicted molar refractivity (Wildman–Crippen MR) is 95.6 cm³/mol. The second-order valence-electron chi connectivity index (χ2n) is 7.05. The van der Waals surface area contributed by atoms with Crippen LogP contribution in [0.2, 0.25) is 5.02 Å². The van der Waals surface area contributed by atoms with Gasteiger partial charge in [-0.15, -0.1) is 0 Å². The fraction of sp³-hybridized carbons (Fsp3) is 0.611. The van der Waals surface area contributed by atoms with E-state index in [9.17, 15) is 4.79 Å². The molecule has 0 saturated carbocycles. The molecular weight excluding hydrogens is 326 g/mol.